The molecule has 1 saturated carbocycles. The number of carbonyl (C=O) groups excluding carboxylic acids is 1. The Morgan fingerprint density at radius 3 is 2.56 bits per heavy atom. The van der Waals surface area contributed by atoms with Crippen molar-refractivity contribution < 1.29 is 13.2 Å². The second kappa shape index (κ2) is 7.27. The highest BCUT2D eigenvalue weighted by Gasteiger charge is 2.28. The fourth-order valence-electron chi connectivity index (χ4n) is 2.48. The molecule has 25 heavy (non-hydrogen) atoms. The van der Waals surface area contributed by atoms with Crippen LogP contribution in [0.3, 0.4) is 0 Å². The van der Waals surface area contributed by atoms with E-state index in [0.717, 1.165) is 22.9 Å². The van der Waals surface area contributed by atoms with Gasteiger partial charge in [-0.3, -0.25) is 4.79 Å². The maximum Gasteiger partial charge on any atom is 0.251 e. The smallest absolute Gasteiger partial charge is 0.251 e. The van der Waals surface area contributed by atoms with Crippen molar-refractivity contribution >= 4 is 31.9 Å². The van der Waals surface area contributed by atoms with E-state index in [1.807, 2.05) is 31.2 Å². The summed E-state index contributed by atoms with van der Waals surface area (Å²) in [6, 6.07) is 13.6. The molecule has 1 aliphatic carbocycles. The fourth-order valence-corrected chi connectivity index (χ4v) is 4.46. The Morgan fingerprint density at radius 1 is 1.16 bits per heavy atom. The molecule has 0 saturated heterocycles. The van der Waals surface area contributed by atoms with Crippen LogP contribution in [0.1, 0.15) is 41.7 Å². The van der Waals surface area contributed by atoms with E-state index in [9.17, 15) is 13.2 Å². The van der Waals surface area contributed by atoms with E-state index in [0.29, 0.717) is 5.56 Å². The molecule has 7 heteroatoms. The molecule has 3 rings (SSSR count). The van der Waals surface area contributed by atoms with E-state index < -0.39 is 10.0 Å². The number of amides is 1. The van der Waals surface area contributed by atoms with Gasteiger partial charge in [-0.15, -0.1) is 0 Å². The third-order valence-corrected chi connectivity index (χ3v) is 6.27. The molecular weight excluding hydrogens is 404 g/mol. The summed E-state index contributed by atoms with van der Waals surface area (Å²) in [7, 11) is -3.58. The lowest BCUT2D eigenvalue weighted by Gasteiger charge is -2.16. The molecule has 2 N–H and O–H groups in total. The predicted molar refractivity (Wildman–Crippen MR) is 99.8 cm³/mol. The number of benzene rings is 2. The van der Waals surface area contributed by atoms with Gasteiger partial charge in [-0.2, -0.15) is 0 Å². The van der Waals surface area contributed by atoms with Gasteiger partial charge < -0.3 is 5.32 Å². The number of sulfonamides is 1. The minimum absolute atomic E-state index is 0.0259. The van der Waals surface area contributed by atoms with Crippen LogP contribution in [0, 0.1) is 0 Å². The van der Waals surface area contributed by atoms with Crippen molar-refractivity contribution in [2.45, 2.75) is 36.7 Å². The molecule has 0 aliphatic heterocycles. The van der Waals surface area contributed by atoms with Crippen molar-refractivity contribution in [2.24, 2.45) is 0 Å². The zero-order chi connectivity index (χ0) is 18.0. The number of carbonyl (C=O) groups is 1. The molecule has 0 radical (unpaired) electrons. The van der Waals surface area contributed by atoms with E-state index in [-0.39, 0.29) is 22.9 Å². The maximum absolute atomic E-state index is 12.5. The molecule has 0 aromatic heterocycles. The molecule has 1 amide bonds. The van der Waals surface area contributed by atoms with Gasteiger partial charge >= 0.3 is 0 Å². The molecule has 132 valence electrons. The summed E-state index contributed by atoms with van der Waals surface area (Å²) in [4.78, 5) is 12.6. The Hall–Kier alpha value is -1.70. The number of hydrogen-bond donors (Lipinski definition) is 2. The second-order valence-electron chi connectivity index (χ2n) is 6.14. The van der Waals surface area contributed by atoms with Gasteiger partial charge in [0.1, 0.15) is 0 Å². The van der Waals surface area contributed by atoms with E-state index in [1.54, 1.807) is 12.1 Å². The lowest BCUT2D eigenvalue weighted by atomic mass is 10.1. The largest absolute Gasteiger partial charge is 0.345 e. The predicted octanol–water partition coefficient (Wildman–Crippen LogP) is 3.38. The fraction of sp³-hybridized carbons (Fsp3) is 0.278. The molecule has 2 aromatic rings. The van der Waals surface area contributed by atoms with Gasteiger partial charge in [0.25, 0.3) is 5.91 Å². The standard InChI is InChI=1S/C18H19BrN2O3S/c1-12(16-7-2-3-8-17(16)19)20-18(22)13-5-4-6-15(11-13)25(23,24)21-14-9-10-14/h2-8,11-12,14,21H,9-10H2,1H3,(H,20,22)/t12-/m0/s1. The molecule has 0 spiro atoms. The lowest BCUT2D eigenvalue weighted by Crippen LogP contribution is -2.28. The van der Waals surface area contributed by atoms with E-state index in [4.69, 9.17) is 0 Å². The first-order chi connectivity index (χ1) is 11.9. The first-order valence-corrected chi connectivity index (χ1v) is 10.3. The summed E-state index contributed by atoms with van der Waals surface area (Å²) in [5.41, 5.74) is 1.27. The average molecular weight is 423 g/mol. The van der Waals surface area contributed by atoms with Gasteiger partial charge in [0, 0.05) is 16.1 Å². The SMILES string of the molecule is C[C@H](NC(=O)c1cccc(S(=O)(=O)NC2CC2)c1)c1ccccc1Br. The second-order valence-corrected chi connectivity index (χ2v) is 8.71. The molecule has 5 nitrogen and oxygen atoms in total. The summed E-state index contributed by atoms with van der Waals surface area (Å²) in [5, 5.41) is 2.90. The summed E-state index contributed by atoms with van der Waals surface area (Å²) < 4.78 is 28.1. The Labute approximate surface area is 156 Å². The normalized spacial score (nSPS) is 15.6. The number of hydrogen-bond acceptors (Lipinski definition) is 3. The van der Waals surface area contributed by atoms with Gasteiger partial charge in [-0.25, -0.2) is 13.1 Å². The topological polar surface area (TPSA) is 75.3 Å². The van der Waals surface area contributed by atoms with Crippen molar-refractivity contribution in [2.75, 3.05) is 0 Å². The van der Waals surface area contributed by atoms with Crippen LogP contribution in [0.4, 0.5) is 0 Å². The molecule has 1 fully saturated rings. The van der Waals surface area contributed by atoms with Crippen LogP contribution < -0.4 is 10.0 Å². The van der Waals surface area contributed by atoms with Crippen molar-refractivity contribution in [1.29, 1.82) is 0 Å². The zero-order valence-electron chi connectivity index (χ0n) is 13.7. The molecule has 0 unspecified atom stereocenters. The van der Waals surface area contributed by atoms with Crippen molar-refractivity contribution in [3.05, 3.63) is 64.1 Å². The molecule has 1 aliphatic rings. The first-order valence-electron chi connectivity index (χ1n) is 8.04. The Kier molecular flexibility index (Phi) is 5.27. The lowest BCUT2D eigenvalue weighted by molar-refractivity contribution is 0.0939. The number of rotatable bonds is 6. The summed E-state index contributed by atoms with van der Waals surface area (Å²) in [6.45, 7) is 1.88. The third-order valence-electron chi connectivity index (χ3n) is 4.03. The van der Waals surface area contributed by atoms with Crippen molar-refractivity contribution in [3.63, 3.8) is 0 Å². The van der Waals surface area contributed by atoms with Gasteiger partial charge in [0.05, 0.1) is 10.9 Å². The van der Waals surface area contributed by atoms with Crippen LogP contribution in [0.5, 0.6) is 0 Å². The first kappa shape index (κ1) is 18.1. The monoisotopic (exact) mass is 422 g/mol. The van der Waals surface area contributed by atoms with Gasteiger partial charge in [0.15, 0.2) is 0 Å². The Balaban J connectivity index is 1.76. The molecular formula is C18H19BrN2O3S. The molecule has 2 aromatic carbocycles. The van der Waals surface area contributed by atoms with Crippen molar-refractivity contribution in [3.8, 4) is 0 Å². The Bertz CT molecular complexity index is 895. The summed E-state index contributed by atoms with van der Waals surface area (Å²) in [6.07, 6.45) is 1.73. The van der Waals surface area contributed by atoms with Crippen LogP contribution >= 0.6 is 15.9 Å². The Morgan fingerprint density at radius 2 is 1.88 bits per heavy atom. The number of nitrogens with one attached hydrogen (secondary N) is 2. The van der Waals surface area contributed by atoms with Crippen LogP contribution in [-0.4, -0.2) is 20.4 Å². The minimum Gasteiger partial charge on any atom is -0.345 e. The summed E-state index contributed by atoms with van der Waals surface area (Å²) >= 11 is 3.47. The van der Waals surface area contributed by atoms with Crippen LogP contribution in [0.2, 0.25) is 0 Å². The minimum atomic E-state index is -3.58. The quantitative estimate of drug-likeness (QED) is 0.748. The highest BCUT2D eigenvalue weighted by Crippen LogP contribution is 2.24. The average Bonchev–Trinajstić information content (AvgIpc) is 3.38. The van der Waals surface area contributed by atoms with E-state index >= 15 is 0 Å². The number of halogens is 1. The molecule has 0 bridgehead atoms. The van der Waals surface area contributed by atoms with Gasteiger partial charge in [-0.1, -0.05) is 40.2 Å². The highest BCUT2D eigenvalue weighted by molar-refractivity contribution is 9.10. The van der Waals surface area contributed by atoms with Crippen LogP contribution in [0.25, 0.3) is 0 Å². The van der Waals surface area contributed by atoms with Gasteiger partial charge in [-0.05, 0) is 49.6 Å². The van der Waals surface area contributed by atoms with E-state index in [2.05, 4.69) is 26.0 Å². The third kappa shape index (κ3) is 4.48. The summed E-state index contributed by atoms with van der Waals surface area (Å²) in [5.74, 6) is -0.313. The van der Waals surface area contributed by atoms with Gasteiger partial charge in [0.2, 0.25) is 10.0 Å². The van der Waals surface area contributed by atoms with Crippen LogP contribution in [0.15, 0.2) is 57.9 Å². The van der Waals surface area contributed by atoms with Crippen molar-refractivity contribution in [1.82, 2.24) is 10.0 Å². The zero-order valence-corrected chi connectivity index (χ0v) is 16.1. The molecule has 0 heterocycles. The highest BCUT2D eigenvalue weighted by atomic mass is 79.9. The molecule has 1 atom stereocenters. The van der Waals surface area contributed by atoms with E-state index in [1.165, 1.54) is 12.1 Å². The maximum atomic E-state index is 12.5. The van der Waals surface area contributed by atoms with Crippen LogP contribution in [-0.2, 0) is 10.0 Å².